The van der Waals surface area contributed by atoms with Gasteiger partial charge in [0.2, 0.25) is 5.91 Å². The Morgan fingerprint density at radius 2 is 1.51 bits per heavy atom. The molecule has 0 radical (unpaired) electrons. The third kappa shape index (κ3) is 7.75. The third-order valence-electron chi connectivity index (χ3n) is 7.87. The molecular weight excluding hydrogens is 610 g/mol. The summed E-state index contributed by atoms with van der Waals surface area (Å²) in [6, 6.07) is 35.9. The van der Waals surface area contributed by atoms with Crippen molar-refractivity contribution in [3.63, 3.8) is 0 Å². The molecule has 5 aromatic carbocycles. The van der Waals surface area contributed by atoms with E-state index in [0.717, 1.165) is 56.0 Å². The molecule has 0 bridgehead atoms. The van der Waals surface area contributed by atoms with E-state index in [4.69, 9.17) is 25.8 Å². The highest BCUT2D eigenvalue weighted by atomic mass is 35.5. The minimum Gasteiger partial charge on any atom is -0.489 e. The molecule has 236 valence electrons. The molecule has 0 fully saturated rings. The smallest absolute Gasteiger partial charge is 0.216 e. The summed E-state index contributed by atoms with van der Waals surface area (Å²) in [7, 11) is 0. The fourth-order valence-corrected chi connectivity index (χ4v) is 5.86. The number of hydrogen-bond donors (Lipinski definition) is 2. The standard InChI is InChI=1S/C39H34ClN3O4/c1-26(44)43-16-15-42-24-33-12-11-31(34-9-4-10-35(39(34)40)32-13-14-36-38(22-32)46-18-17-45-36)21-37(33)47-25-28-6-3-8-30(20-28)29-7-2-5-27(19-29)23-41/h2-14,19-22,42H,15-18,24-25H2,1H3,(H,43,44). The van der Waals surface area contributed by atoms with E-state index in [1.54, 1.807) is 6.07 Å². The lowest BCUT2D eigenvalue weighted by Gasteiger charge is -2.19. The molecule has 0 aromatic heterocycles. The number of hydrogen-bond acceptors (Lipinski definition) is 6. The van der Waals surface area contributed by atoms with E-state index in [-0.39, 0.29) is 5.91 Å². The van der Waals surface area contributed by atoms with Crippen LogP contribution in [-0.4, -0.2) is 32.2 Å². The predicted octanol–water partition coefficient (Wildman–Crippen LogP) is 7.79. The topological polar surface area (TPSA) is 92.6 Å². The molecule has 0 saturated carbocycles. The Bertz CT molecular complexity index is 1950. The van der Waals surface area contributed by atoms with E-state index in [1.807, 2.05) is 84.9 Å². The number of carbonyl (C=O) groups excluding carboxylic acids is 1. The molecule has 47 heavy (non-hydrogen) atoms. The highest BCUT2D eigenvalue weighted by Crippen LogP contribution is 2.41. The Hall–Kier alpha value is -5.29. The molecule has 0 unspecified atom stereocenters. The predicted molar refractivity (Wildman–Crippen MR) is 185 cm³/mol. The van der Waals surface area contributed by atoms with Crippen molar-refractivity contribution in [1.29, 1.82) is 5.26 Å². The molecule has 1 amide bonds. The minimum atomic E-state index is -0.0582. The molecule has 1 aliphatic heterocycles. The summed E-state index contributed by atoms with van der Waals surface area (Å²) in [6.45, 7) is 4.61. The largest absolute Gasteiger partial charge is 0.489 e. The number of benzene rings is 5. The molecule has 6 rings (SSSR count). The molecule has 1 aliphatic rings. The van der Waals surface area contributed by atoms with Gasteiger partial charge in [-0.15, -0.1) is 0 Å². The molecule has 0 saturated heterocycles. The van der Waals surface area contributed by atoms with E-state index in [1.165, 1.54) is 6.92 Å². The Kier molecular flexibility index (Phi) is 10.0. The number of nitrogens with one attached hydrogen (secondary N) is 2. The van der Waals surface area contributed by atoms with Crippen molar-refractivity contribution in [2.45, 2.75) is 20.1 Å². The van der Waals surface area contributed by atoms with Crippen molar-refractivity contribution in [2.75, 3.05) is 26.3 Å². The molecule has 5 aromatic rings. The van der Waals surface area contributed by atoms with Crippen LogP contribution in [0.5, 0.6) is 17.2 Å². The van der Waals surface area contributed by atoms with Gasteiger partial charge in [0.05, 0.1) is 16.7 Å². The van der Waals surface area contributed by atoms with E-state index in [0.29, 0.717) is 55.8 Å². The number of halogens is 1. The quantitative estimate of drug-likeness (QED) is 0.143. The van der Waals surface area contributed by atoms with Crippen LogP contribution in [0, 0.1) is 11.3 Å². The summed E-state index contributed by atoms with van der Waals surface area (Å²) in [5.41, 5.74) is 8.23. The third-order valence-corrected chi connectivity index (χ3v) is 8.27. The van der Waals surface area contributed by atoms with E-state index in [2.05, 4.69) is 28.8 Å². The Morgan fingerprint density at radius 3 is 2.30 bits per heavy atom. The van der Waals surface area contributed by atoms with Gasteiger partial charge in [-0.3, -0.25) is 4.79 Å². The normalized spacial score (nSPS) is 11.9. The lowest BCUT2D eigenvalue weighted by atomic mass is 9.97. The van der Waals surface area contributed by atoms with Crippen LogP contribution in [0.25, 0.3) is 33.4 Å². The summed E-state index contributed by atoms with van der Waals surface area (Å²) in [6.07, 6.45) is 0. The summed E-state index contributed by atoms with van der Waals surface area (Å²) < 4.78 is 18.0. The van der Waals surface area contributed by atoms with Crippen LogP contribution >= 0.6 is 11.6 Å². The van der Waals surface area contributed by atoms with Crippen molar-refractivity contribution in [3.05, 3.63) is 125 Å². The number of amides is 1. The van der Waals surface area contributed by atoms with Crippen LogP contribution in [0.15, 0.2) is 103 Å². The number of fused-ring (bicyclic) bond motifs is 1. The molecule has 1 heterocycles. The first-order chi connectivity index (χ1) is 23.0. The van der Waals surface area contributed by atoms with Gasteiger partial charge in [0.15, 0.2) is 11.5 Å². The van der Waals surface area contributed by atoms with Gasteiger partial charge in [0.1, 0.15) is 25.6 Å². The van der Waals surface area contributed by atoms with Crippen LogP contribution in [0.2, 0.25) is 5.02 Å². The van der Waals surface area contributed by atoms with Crippen LogP contribution in [-0.2, 0) is 17.9 Å². The first kappa shape index (κ1) is 31.7. The van der Waals surface area contributed by atoms with Gasteiger partial charge >= 0.3 is 0 Å². The molecule has 0 spiro atoms. The highest BCUT2D eigenvalue weighted by molar-refractivity contribution is 6.36. The number of ether oxygens (including phenoxy) is 3. The maximum absolute atomic E-state index is 11.3. The fourth-order valence-electron chi connectivity index (χ4n) is 5.51. The second kappa shape index (κ2) is 14.9. The van der Waals surface area contributed by atoms with Crippen molar-refractivity contribution in [1.82, 2.24) is 10.6 Å². The van der Waals surface area contributed by atoms with E-state index >= 15 is 0 Å². The zero-order valence-corrected chi connectivity index (χ0v) is 26.8. The second-order valence-corrected chi connectivity index (χ2v) is 11.6. The lowest BCUT2D eigenvalue weighted by molar-refractivity contribution is -0.118. The van der Waals surface area contributed by atoms with Gasteiger partial charge in [-0.1, -0.05) is 78.3 Å². The maximum Gasteiger partial charge on any atom is 0.216 e. The molecule has 7 nitrogen and oxygen atoms in total. The summed E-state index contributed by atoms with van der Waals surface area (Å²) in [5.74, 6) is 2.11. The average Bonchev–Trinajstić information content (AvgIpc) is 3.11. The van der Waals surface area contributed by atoms with Crippen molar-refractivity contribution in [3.8, 4) is 56.7 Å². The number of nitriles is 1. The first-order valence-corrected chi connectivity index (χ1v) is 15.9. The molecular formula is C39H34ClN3O4. The number of carbonyl (C=O) groups is 1. The highest BCUT2D eigenvalue weighted by Gasteiger charge is 2.17. The molecule has 8 heteroatoms. The van der Waals surface area contributed by atoms with E-state index < -0.39 is 0 Å². The minimum absolute atomic E-state index is 0.0582. The number of nitrogens with zero attached hydrogens (tertiary/aromatic N) is 1. The van der Waals surface area contributed by atoms with Crippen LogP contribution < -0.4 is 24.8 Å². The Labute approximate surface area is 279 Å². The first-order valence-electron chi connectivity index (χ1n) is 15.5. The van der Waals surface area contributed by atoms with E-state index in [9.17, 15) is 10.1 Å². The average molecular weight is 644 g/mol. The van der Waals surface area contributed by atoms with Gasteiger partial charge in [-0.25, -0.2) is 0 Å². The Morgan fingerprint density at radius 1 is 0.809 bits per heavy atom. The number of rotatable bonds is 11. The van der Waals surface area contributed by atoms with Crippen molar-refractivity contribution >= 4 is 17.5 Å². The van der Waals surface area contributed by atoms with Crippen molar-refractivity contribution in [2.24, 2.45) is 0 Å². The fraction of sp³-hybridized carbons (Fsp3) is 0.179. The SMILES string of the molecule is CC(=O)NCCNCc1ccc(-c2cccc(-c3ccc4c(c3)OCCO4)c2Cl)cc1OCc1cccc(-c2cccc(C#N)c2)c1. The van der Waals surface area contributed by atoms with Gasteiger partial charge in [-0.2, -0.15) is 5.26 Å². The van der Waals surface area contributed by atoms with Crippen LogP contribution in [0.1, 0.15) is 23.6 Å². The second-order valence-electron chi connectivity index (χ2n) is 11.2. The van der Waals surface area contributed by atoms with Crippen molar-refractivity contribution < 1.29 is 19.0 Å². The van der Waals surface area contributed by atoms with Crippen LogP contribution in [0.4, 0.5) is 0 Å². The zero-order chi connectivity index (χ0) is 32.6. The summed E-state index contributed by atoms with van der Waals surface area (Å²) >= 11 is 7.09. The van der Waals surface area contributed by atoms with Gasteiger partial charge in [-0.05, 0) is 64.2 Å². The van der Waals surface area contributed by atoms with Gasteiger partial charge in [0.25, 0.3) is 0 Å². The summed E-state index contributed by atoms with van der Waals surface area (Å²) in [5, 5.41) is 16.2. The lowest BCUT2D eigenvalue weighted by Crippen LogP contribution is -2.30. The van der Waals surface area contributed by atoms with Gasteiger partial charge < -0.3 is 24.8 Å². The molecule has 0 atom stereocenters. The molecule has 0 aliphatic carbocycles. The maximum atomic E-state index is 11.3. The summed E-state index contributed by atoms with van der Waals surface area (Å²) in [4.78, 5) is 11.3. The van der Waals surface area contributed by atoms with Gasteiger partial charge in [0, 0.05) is 43.2 Å². The monoisotopic (exact) mass is 643 g/mol. The van der Waals surface area contributed by atoms with Crippen LogP contribution in [0.3, 0.4) is 0 Å². The molecule has 2 N–H and O–H groups in total. The zero-order valence-electron chi connectivity index (χ0n) is 26.0. The Balaban J connectivity index is 1.28.